The molecular formula is C20H22F2N2O2. The smallest absolute Gasteiger partial charge is 0.256 e. The van der Waals surface area contributed by atoms with Crippen molar-refractivity contribution in [1.29, 1.82) is 0 Å². The second kappa shape index (κ2) is 7.83. The average molecular weight is 360 g/mol. The van der Waals surface area contributed by atoms with Gasteiger partial charge in [0.1, 0.15) is 17.4 Å². The number of amides is 1. The standard InChI is InChI=1S/C20H22F2N2O2/c1-23-14-7-9-24(10-8-14)20(25)17-5-3-13(11-18(17)21)16-6-4-15(26-2)12-19(16)22/h3-6,11-12,14,23H,7-10H2,1-2H3. The lowest BCUT2D eigenvalue weighted by Crippen LogP contribution is -2.44. The Morgan fingerprint density at radius 2 is 1.85 bits per heavy atom. The Balaban J connectivity index is 1.80. The third kappa shape index (κ3) is 3.70. The normalized spacial score (nSPS) is 15.2. The molecule has 6 heteroatoms. The fourth-order valence-electron chi connectivity index (χ4n) is 3.25. The van der Waals surface area contributed by atoms with Gasteiger partial charge in [0.2, 0.25) is 0 Å². The van der Waals surface area contributed by atoms with E-state index < -0.39 is 11.6 Å². The van der Waals surface area contributed by atoms with Gasteiger partial charge in [0.05, 0.1) is 12.7 Å². The number of rotatable bonds is 4. The largest absolute Gasteiger partial charge is 0.497 e. The summed E-state index contributed by atoms with van der Waals surface area (Å²) < 4.78 is 33.7. The summed E-state index contributed by atoms with van der Waals surface area (Å²) in [5.41, 5.74) is 0.664. The third-order valence-corrected chi connectivity index (χ3v) is 4.88. The molecular weight excluding hydrogens is 338 g/mol. The monoisotopic (exact) mass is 360 g/mol. The molecule has 26 heavy (non-hydrogen) atoms. The molecule has 1 fully saturated rings. The molecule has 0 radical (unpaired) electrons. The van der Waals surface area contributed by atoms with Gasteiger partial charge in [-0.1, -0.05) is 6.07 Å². The van der Waals surface area contributed by atoms with E-state index in [1.165, 1.54) is 31.4 Å². The van der Waals surface area contributed by atoms with E-state index in [2.05, 4.69) is 5.32 Å². The minimum Gasteiger partial charge on any atom is -0.497 e. The first-order valence-corrected chi connectivity index (χ1v) is 8.63. The number of nitrogens with one attached hydrogen (secondary N) is 1. The van der Waals surface area contributed by atoms with Gasteiger partial charge < -0.3 is 15.0 Å². The molecule has 1 amide bonds. The fraction of sp³-hybridized carbons (Fsp3) is 0.350. The molecule has 1 aliphatic heterocycles. The Bertz CT molecular complexity index is 802. The van der Waals surface area contributed by atoms with E-state index in [-0.39, 0.29) is 17.0 Å². The number of carbonyl (C=O) groups is 1. The maximum absolute atomic E-state index is 14.6. The molecule has 3 rings (SSSR count). The Labute approximate surface area is 151 Å². The Morgan fingerprint density at radius 1 is 1.12 bits per heavy atom. The molecule has 0 aliphatic carbocycles. The summed E-state index contributed by atoms with van der Waals surface area (Å²) in [6.45, 7) is 1.19. The zero-order valence-corrected chi connectivity index (χ0v) is 14.9. The van der Waals surface area contributed by atoms with Crippen LogP contribution in [0.5, 0.6) is 5.75 Å². The quantitative estimate of drug-likeness (QED) is 0.908. The van der Waals surface area contributed by atoms with Crippen molar-refractivity contribution in [3.8, 4) is 16.9 Å². The summed E-state index contributed by atoms with van der Waals surface area (Å²) in [6.07, 6.45) is 1.69. The van der Waals surface area contributed by atoms with Gasteiger partial charge in [0.15, 0.2) is 0 Å². The van der Waals surface area contributed by atoms with Gasteiger partial charge in [0.25, 0.3) is 5.91 Å². The molecule has 0 unspecified atom stereocenters. The van der Waals surface area contributed by atoms with Gasteiger partial charge in [-0.15, -0.1) is 0 Å². The van der Waals surface area contributed by atoms with Gasteiger partial charge >= 0.3 is 0 Å². The molecule has 0 saturated carbocycles. The number of nitrogens with zero attached hydrogens (tertiary/aromatic N) is 1. The molecule has 2 aromatic rings. The SMILES string of the molecule is CNC1CCN(C(=O)c2ccc(-c3ccc(OC)cc3F)cc2F)CC1. The topological polar surface area (TPSA) is 41.6 Å². The molecule has 0 aromatic heterocycles. The molecule has 0 spiro atoms. The first kappa shape index (κ1) is 18.3. The van der Waals surface area contributed by atoms with Crippen molar-refractivity contribution in [1.82, 2.24) is 10.2 Å². The van der Waals surface area contributed by atoms with E-state index >= 15 is 0 Å². The molecule has 1 aliphatic rings. The van der Waals surface area contributed by atoms with Gasteiger partial charge in [-0.25, -0.2) is 8.78 Å². The van der Waals surface area contributed by atoms with Crippen molar-refractivity contribution >= 4 is 5.91 Å². The van der Waals surface area contributed by atoms with Crippen LogP contribution in [0.2, 0.25) is 0 Å². The van der Waals surface area contributed by atoms with E-state index in [4.69, 9.17) is 4.74 Å². The number of benzene rings is 2. The first-order valence-electron chi connectivity index (χ1n) is 8.63. The van der Waals surface area contributed by atoms with E-state index in [1.54, 1.807) is 17.0 Å². The Kier molecular flexibility index (Phi) is 5.52. The van der Waals surface area contributed by atoms with Crippen molar-refractivity contribution in [3.05, 3.63) is 53.6 Å². The minimum absolute atomic E-state index is 0.0191. The summed E-state index contributed by atoms with van der Waals surface area (Å²) in [5.74, 6) is -1.07. The number of piperidine rings is 1. The van der Waals surface area contributed by atoms with Crippen LogP contribution in [0.4, 0.5) is 8.78 Å². The molecule has 1 N–H and O–H groups in total. The minimum atomic E-state index is -0.640. The lowest BCUT2D eigenvalue weighted by Gasteiger charge is -2.32. The highest BCUT2D eigenvalue weighted by Crippen LogP contribution is 2.28. The van der Waals surface area contributed by atoms with Gasteiger partial charge in [-0.3, -0.25) is 4.79 Å². The van der Waals surface area contributed by atoms with Crippen molar-refractivity contribution in [2.24, 2.45) is 0 Å². The number of hydrogen-bond acceptors (Lipinski definition) is 3. The van der Waals surface area contributed by atoms with Crippen LogP contribution in [0.25, 0.3) is 11.1 Å². The Morgan fingerprint density at radius 3 is 2.42 bits per heavy atom. The highest BCUT2D eigenvalue weighted by molar-refractivity contribution is 5.95. The van der Waals surface area contributed by atoms with Crippen molar-refractivity contribution in [2.45, 2.75) is 18.9 Å². The molecule has 2 aromatic carbocycles. The second-order valence-corrected chi connectivity index (χ2v) is 6.40. The first-order chi connectivity index (χ1) is 12.5. The maximum atomic E-state index is 14.6. The average Bonchev–Trinajstić information content (AvgIpc) is 2.67. The van der Waals surface area contributed by atoms with Crippen LogP contribution in [-0.4, -0.2) is 44.1 Å². The maximum Gasteiger partial charge on any atom is 0.256 e. The number of likely N-dealkylation sites (tertiary alicyclic amines) is 1. The zero-order valence-electron chi connectivity index (χ0n) is 14.9. The van der Waals surface area contributed by atoms with Gasteiger partial charge in [-0.05, 0) is 49.7 Å². The number of ether oxygens (including phenoxy) is 1. The summed E-state index contributed by atoms with van der Waals surface area (Å²) >= 11 is 0. The predicted molar refractivity (Wildman–Crippen MR) is 96.3 cm³/mol. The summed E-state index contributed by atoms with van der Waals surface area (Å²) in [4.78, 5) is 14.3. The van der Waals surface area contributed by atoms with Gasteiger partial charge in [0, 0.05) is 30.8 Å². The zero-order chi connectivity index (χ0) is 18.7. The van der Waals surface area contributed by atoms with Crippen LogP contribution in [0, 0.1) is 11.6 Å². The fourth-order valence-corrected chi connectivity index (χ4v) is 3.25. The lowest BCUT2D eigenvalue weighted by atomic mass is 10.0. The number of carbonyl (C=O) groups excluding carboxylic acids is 1. The van der Waals surface area contributed by atoms with Crippen LogP contribution in [0.15, 0.2) is 36.4 Å². The summed E-state index contributed by atoms with van der Waals surface area (Å²) in [6, 6.07) is 9.00. The van der Waals surface area contributed by atoms with E-state index in [0.29, 0.717) is 30.4 Å². The molecule has 1 heterocycles. The van der Waals surface area contributed by atoms with Crippen molar-refractivity contribution < 1.29 is 18.3 Å². The van der Waals surface area contributed by atoms with Crippen LogP contribution in [0.1, 0.15) is 23.2 Å². The van der Waals surface area contributed by atoms with Crippen molar-refractivity contribution in [3.63, 3.8) is 0 Å². The highest BCUT2D eigenvalue weighted by atomic mass is 19.1. The number of methoxy groups -OCH3 is 1. The highest BCUT2D eigenvalue weighted by Gasteiger charge is 2.24. The Hall–Kier alpha value is -2.47. The van der Waals surface area contributed by atoms with Crippen LogP contribution >= 0.6 is 0 Å². The molecule has 1 saturated heterocycles. The second-order valence-electron chi connectivity index (χ2n) is 6.40. The molecule has 0 atom stereocenters. The van der Waals surface area contributed by atoms with Crippen molar-refractivity contribution in [2.75, 3.05) is 27.2 Å². The summed E-state index contributed by atoms with van der Waals surface area (Å²) in [5, 5.41) is 3.20. The number of halogens is 2. The number of hydrogen-bond donors (Lipinski definition) is 1. The van der Waals surface area contributed by atoms with Crippen LogP contribution < -0.4 is 10.1 Å². The van der Waals surface area contributed by atoms with E-state index in [1.807, 2.05) is 7.05 Å². The van der Waals surface area contributed by atoms with E-state index in [0.717, 1.165) is 12.8 Å². The molecule has 138 valence electrons. The van der Waals surface area contributed by atoms with Crippen LogP contribution in [-0.2, 0) is 0 Å². The summed E-state index contributed by atoms with van der Waals surface area (Å²) in [7, 11) is 3.35. The predicted octanol–water partition coefficient (Wildman–Crippen LogP) is 3.46. The van der Waals surface area contributed by atoms with Gasteiger partial charge in [-0.2, -0.15) is 0 Å². The molecule has 4 nitrogen and oxygen atoms in total. The van der Waals surface area contributed by atoms with E-state index in [9.17, 15) is 13.6 Å². The molecule has 0 bridgehead atoms. The van der Waals surface area contributed by atoms with Crippen LogP contribution in [0.3, 0.4) is 0 Å². The lowest BCUT2D eigenvalue weighted by molar-refractivity contribution is 0.0702. The third-order valence-electron chi connectivity index (χ3n) is 4.88.